The van der Waals surface area contributed by atoms with Crippen molar-refractivity contribution in [1.82, 2.24) is 10.2 Å². The number of carbonyl (C=O) groups is 6. The molecule has 0 aliphatic heterocycles. The van der Waals surface area contributed by atoms with Gasteiger partial charge in [-0.1, -0.05) is 18.5 Å². The number of Topliss-reactive ketones (excluding diaryl/α,β-unsaturated/α-hetero) is 4. The van der Waals surface area contributed by atoms with Gasteiger partial charge in [0.05, 0.1) is 34.3 Å². The van der Waals surface area contributed by atoms with Crippen molar-refractivity contribution >= 4 is 57.9 Å². The molecule has 1 aromatic rings. The Hall–Kier alpha value is -3.39. The van der Waals surface area contributed by atoms with Crippen LogP contribution in [0.3, 0.4) is 0 Å². The number of fused-ring (bicyclic) bond motifs is 3. The highest BCUT2D eigenvalue weighted by Gasteiger charge is 2.69. The Morgan fingerprint density at radius 1 is 1.14 bits per heavy atom. The van der Waals surface area contributed by atoms with E-state index in [0.29, 0.717) is 17.8 Å². The van der Waals surface area contributed by atoms with Crippen molar-refractivity contribution in [3.63, 3.8) is 0 Å². The van der Waals surface area contributed by atoms with Gasteiger partial charge in [0.25, 0.3) is 0 Å². The van der Waals surface area contributed by atoms with E-state index in [1.54, 1.807) is 25.9 Å². The molecule has 2 saturated carbocycles. The molecule has 3 aliphatic rings. The number of halogens is 1. The Labute approximate surface area is 254 Å². The molecule has 0 spiro atoms. The highest BCUT2D eigenvalue weighted by molar-refractivity contribution is 6.38. The molecule has 1 aromatic carbocycles. The zero-order valence-electron chi connectivity index (χ0n) is 25.0. The van der Waals surface area contributed by atoms with Gasteiger partial charge in [0.1, 0.15) is 5.69 Å². The lowest BCUT2D eigenvalue weighted by Crippen LogP contribution is -2.74. The SMILES string of the molecule is CCCNC(C)C(=O)Nc1c(O)c2c(c(N(C)C)c1Cl)CC1CC3[C@H](N(C)C)C(=O)C(C(N)=O)C(=O)[C@@]3(O)C(=O)C1C2=O. The second-order valence-corrected chi connectivity index (χ2v) is 12.5. The van der Waals surface area contributed by atoms with Crippen LogP contribution in [0.1, 0.15) is 42.6 Å². The first-order chi connectivity index (χ1) is 20.0. The molecule has 5 unspecified atom stereocenters. The van der Waals surface area contributed by atoms with E-state index in [2.05, 4.69) is 10.6 Å². The second kappa shape index (κ2) is 11.6. The van der Waals surface area contributed by atoms with E-state index < -0.39 is 82.1 Å². The van der Waals surface area contributed by atoms with Crippen LogP contribution in [0, 0.1) is 23.7 Å². The Kier molecular flexibility index (Phi) is 8.77. The Balaban J connectivity index is 1.86. The van der Waals surface area contributed by atoms with Crippen LogP contribution in [0.4, 0.5) is 11.4 Å². The van der Waals surface area contributed by atoms with Crippen molar-refractivity contribution in [2.45, 2.75) is 50.8 Å². The third kappa shape index (κ3) is 4.91. The summed E-state index contributed by atoms with van der Waals surface area (Å²) in [4.78, 5) is 83.1. The molecule has 14 heteroatoms. The van der Waals surface area contributed by atoms with E-state index in [4.69, 9.17) is 17.3 Å². The summed E-state index contributed by atoms with van der Waals surface area (Å²) < 4.78 is 0. The van der Waals surface area contributed by atoms with Gasteiger partial charge in [0.2, 0.25) is 11.8 Å². The third-order valence-corrected chi connectivity index (χ3v) is 9.30. The minimum absolute atomic E-state index is 0.0133. The van der Waals surface area contributed by atoms with E-state index in [1.807, 2.05) is 6.92 Å². The number of nitrogens with one attached hydrogen (secondary N) is 2. The smallest absolute Gasteiger partial charge is 0.241 e. The Morgan fingerprint density at radius 3 is 2.30 bits per heavy atom. The van der Waals surface area contributed by atoms with E-state index in [1.165, 1.54) is 19.0 Å². The molecular formula is C29H38ClN5O8. The maximum atomic E-state index is 14.1. The first kappa shape index (κ1) is 32.5. The quantitative estimate of drug-likeness (QED) is 0.192. The number of phenolic OH excluding ortho intramolecular Hbond substituents is 1. The summed E-state index contributed by atoms with van der Waals surface area (Å²) in [5, 5.41) is 28.7. The number of anilines is 2. The topological polar surface area (TPSA) is 199 Å². The molecule has 43 heavy (non-hydrogen) atoms. The Morgan fingerprint density at radius 2 is 1.77 bits per heavy atom. The lowest BCUT2D eigenvalue weighted by atomic mass is 9.52. The largest absolute Gasteiger partial charge is 0.505 e. The van der Waals surface area contributed by atoms with Gasteiger partial charge in [-0.2, -0.15) is 0 Å². The van der Waals surface area contributed by atoms with Gasteiger partial charge in [0, 0.05) is 20.0 Å². The molecule has 7 atom stereocenters. The number of hydrogen-bond donors (Lipinski definition) is 5. The van der Waals surface area contributed by atoms with Crippen molar-refractivity contribution < 1.29 is 39.0 Å². The van der Waals surface area contributed by atoms with Crippen molar-refractivity contribution in [2.75, 3.05) is 45.0 Å². The lowest BCUT2D eigenvalue weighted by molar-refractivity contribution is -0.181. The van der Waals surface area contributed by atoms with Gasteiger partial charge < -0.3 is 31.5 Å². The number of primary amides is 1. The predicted molar refractivity (Wildman–Crippen MR) is 157 cm³/mol. The number of amides is 2. The van der Waals surface area contributed by atoms with Crippen LogP contribution in [0.25, 0.3) is 0 Å². The molecule has 2 fully saturated rings. The summed E-state index contributed by atoms with van der Waals surface area (Å²) >= 11 is 6.74. The Bertz CT molecular complexity index is 1430. The number of nitrogens with zero attached hydrogens (tertiary/aromatic N) is 2. The molecule has 6 N–H and O–H groups in total. The maximum Gasteiger partial charge on any atom is 0.241 e. The minimum atomic E-state index is -2.83. The predicted octanol–water partition coefficient (Wildman–Crippen LogP) is -0.0870. The normalized spacial score (nSPS) is 29.1. The summed E-state index contributed by atoms with van der Waals surface area (Å²) in [5.74, 6) is -12.3. The number of aromatic hydroxyl groups is 1. The van der Waals surface area contributed by atoms with Gasteiger partial charge in [-0.05, 0) is 58.3 Å². The van der Waals surface area contributed by atoms with Gasteiger partial charge in [-0.3, -0.25) is 33.7 Å². The van der Waals surface area contributed by atoms with E-state index in [-0.39, 0.29) is 29.1 Å². The number of likely N-dealkylation sites (N-methyl/N-ethyl adjacent to an activating group) is 1. The molecule has 234 valence electrons. The standard InChI is InChI=1S/C29H38ClN5O8/c1-7-8-32-11(2)28(42)33-19-18(30)20(34(3)4)13-9-12-10-14-21(35(5)6)24(38)17(27(31)41)26(40)29(14,43)25(39)15(12)22(36)16(13)23(19)37/h11-12,14-15,17,21,32,37,43H,7-10H2,1-6H3,(H2,31,41)(H,33,42)/t11?,12?,14?,15?,17?,21-,29-/m0/s1. The first-order valence-electron chi connectivity index (χ1n) is 14.2. The fourth-order valence-corrected chi connectivity index (χ4v) is 7.37. The highest BCUT2D eigenvalue weighted by Crippen LogP contribution is 2.54. The summed E-state index contributed by atoms with van der Waals surface area (Å²) in [6, 6.07) is -1.86. The summed E-state index contributed by atoms with van der Waals surface area (Å²) in [6.07, 6.45) is 0.723. The number of aliphatic hydroxyl groups is 1. The van der Waals surface area contributed by atoms with Crippen LogP contribution < -0.4 is 21.3 Å². The van der Waals surface area contributed by atoms with Crippen LogP contribution in [0.5, 0.6) is 5.75 Å². The van der Waals surface area contributed by atoms with Crippen molar-refractivity contribution in [1.29, 1.82) is 0 Å². The number of hydrogen-bond acceptors (Lipinski definition) is 11. The zero-order valence-corrected chi connectivity index (χ0v) is 25.7. The summed E-state index contributed by atoms with van der Waals surface area (Å²) in [7, 11) is 6.37. The van der Waals surface area contributed by atoms with Crippen LogP contribution in [-0.2, 0) is 30.4 Å². The molecule has 0 aromatic heterocycles. The monoisotopic (exact) mass is 619 g/mol. The number of rotatable bonds is 8. The third-order valence-electron chi connectivity index (χ3n) is 8.93. The number of phenols is 1. The molecule has 0 radical (unpaired) electrons. The minimum Gasteiger partial charge on any atom is -0.505 e. The molecule has 0 bridgehead atoms. The molecule has 0 saturated heterocycles. The van der Waals surface area contributed by atoms with Gasteiger partial charge >= 0.3 is 0 Å². The molecule has 2 amide bonds. The van der Waals surface area contributed by atoms with Gasteiger partial charge in [-0.25, -0.2) is 0 Å². The second-order valence-electron chi connectivity index (χ2n) is 12.1. The van der Waals surface area contributed by atoms with E-state index >= 15 is 0 Å². The van der Waals surface area contributed by atoms with Crippen molar-refractivity contribution in [3.05, 3.63) is 16.1 Å². The van der Waals surface area contributed by atoms with E-state index in [9.17, 15) is 39.0 Å². The van der Waals surface area contributed by atoms with Gasteiger partial charge in [-0.15, -0.1) is 0 Å². The first-order valence-corrected chi connectivity index (χ1v) is 14.5. The molecule has 13 nitrogen and oxygen atoms in total. The summed E-state index contributed by atoms with van der Waals surface area (Å²) in [6.45, 7) is 4.12. The number of ketones is 4. The molecular weight excluding hydrogens is 582 g/mol. The van der Waals surface area contributed by atoms with Crippen LogP contribution in [0.15, 0.2) is 0 Å². The average Bonchev–Trinajstić information content (AvgIpc) is 2.90. The fraction of sp³-hybridized carbons (Fsp3) is 0.586. The van der Waals surface area contributed by atoms with Crippen LogP contribution >= 0.6 is 11.6 Å². The van der Waals surface area contributed by atoms with E-state index in [0.717, 1.165) is 6.42 Å². The number of benzene rings is 1. The summed E-state index contributed by atoms with van der Waals surface area (Å²) in [5.41, 5.74) is 2.73. The number of carbonyl (C=O) groups excluding carboxylic acids is 6. The average molecular weight is 620 g/mol. The van der Waals surface area contributed by atoms with Crippen LogP contribution in [-0.4, -0.2) is 102 Å². The fourth-order valence-electron chi connectivity index (χ4n) is 6.95. The maximum absolute atomic E-state index is 14.1. The zero-order chi connectivity index (χ0) is 32.3. The number of nitrogens with two attached hydrogens (primary N) is 1. The van der Waals surface area contributed by atoms with Gasteiger partial charge in [0.15, 0.2) is 40.4 Å². The van der Waals surface area contributed by atoms with Crippen molar-refractivity contribution in [3.8, 4) is 5.75 Å². The van der Waals surface area contributed by atoms with Crippen LogP contribution in [0.2, 0.25) is 5.02 Å². The van der Waals surface area contributed by atoms with Crippen molar-refractivity contribution in [2.24, 2.45) is 29.4 Å². The molecule has 4 rings (SSSR count). The highest BCUT2D eigenvalue weighted by atomic mass is 35.5. The molecule has 0 heterocycles. The molecule has 3 aliphatic carbocycles. The lowest BCUT2D eigenvalue weighted by Gasteiger charge is -2.52.